The van der Waals surface area contributed by atoms with Crippen molar-refractivity contribution < 1.29 is 14.3 Å². The largest absolute Gasteiger partial charge is 0.491 e. The monoisotopic (exact) mass is 339 g/mol. The lowest BCUT2D eigenvalue weighted by molar-refractivity contribution is -0.122. The Morgan fingerprint density at radius 2 is 2.04 bits per heavy atom. The number of benzene rings is 1. The van der Waals surface area contributed by atoms with Crippen molar-refractivity contribution >= 4 is 23.2 Å². The van der Waals surface area contributed by atoms with Gasteiger partial charge < -0.3 is 15.0 Å². The average molecular weight is 339 g/mol. The van der Waals surface area contributed by atoms with Gasteiger partial charge in [-0.05, 0) is 50.2 Å². The maximum atomic E-state index is 12.5. The second kappa shape index (κ2) is 7.34. The zero-order chi connectivity index (χ0) is 17.8. The van der Waals surface area contributed by atoms with Gasteiger partial charge in [0, 0.05) is 24.8 Å². The lowest BCUT2D eigenvalue weighted by Gasteiger charge is -2.16. The van der Waals surface area contributed by atoms with Crippen molar-refractivity contribution in [3.63, 3.8) is 0 Å². The summed E-state index contributed by atoms with van der Waals surface area (Å²) in [5.41, 5.74) is 1.41. The van der Waals surface area contributed by atoms with Gasteiger partial charge in [0.05, 0.1) is 23.9 Å². The van der Waals surface area contributed by atoms with Crippen molar-refractivity contribution in [3.8, 4) is 5.75 Å². The summed E-state index contributed by atoms with van der Waals surface area (Å²) >= 11 is 0. The number of hydrogen-bond acceptors (Lipinski definition) is 4. The minimum Gasteiger partial charge on any atom is -0.491 e. The van der Waals surface area contributed by atoms with Crippen molar-refractivity contribution in [2.45, 2.75) is 26.4 Å². The van der Waals surface area contributed by atoms with Gasteiger partial charge in [0.25, 0.3) is 0 Å². The highest BCUT2D eigenvalue weighted by Crippen LogP contribution is 2.25. The van der Waals surface area contributed by atoms with Gasteiger partial charge >= 0.3 is 0 Å². The molecule has 130 valence electrons. The molecule has 0 spiro atoms. The summed E-state index contributed by atoms with van der Waals surface area (Å²) in [5, 5.41) is 2.87. The molecule has 1 unspecified atom stereocenters. The van der Waals surface area contributed by atoms with E-state index in [9.17, 15) is 9.59 Å². The fourth-order valence-electron chi connectivity index (χ4n) is 2.78. The summed E-state index contributed by atoms with van der Waals surface area (Å²) in [6, 6.07) is 10.8. The molecular weight excluding hydrogens is 318 g/mol. The number of rotatable bonds is 5. The van der Waals surface area contributed by atoms with Crippen molar-refractivity contribution in [1.29, 1.82) is 0 Å². The van der Waals surface area contributed by atoms with Crippen LogP contribution >= 0.6 is 0 Å². The van der Waals surface area contributed by atoms with Gasteiger partial charge in [0.15, 0.2) is 0 Å². The number of hydrogen-bond donors (Lipinski definition) is 1. The van der Waals surface area contributed by atoms with E-state index in [1.807, 2.05) is 32.0 Å². The number of amides is 2. The van der Waals surface area contributed by atoms with Crippen LogP contribution in [0.4, 0.5) is 11.4 Å². The Morgan fingerprint density at radius 1 is 1.28 bits per heavy atom. The van der Waals surface area contributed by atoms with E-state index in [0.29, 0.717) is 12.2 Å². The molecule has 1 aliphatic rings. The van der Waals surface area contributed by atoms with Crippen molar-refractivity contribution in [1.82, 2.24) is 4.98 Å². The highest BCUT2D eigenvalue weighted by molar-refractivity contribution is 6.03. The fourth-order valence-corrected chi connectivity index (χ4v) is 2.78. The topological polar surface area (TPSA) is 71.5 Å². The first-order chi connectivity index (χ1) is 12.0. The van der Waals surface area contributed by atoms with E-state index in [2.05, 4.69) is 10.3 Å². The summed E-state index contributed by atoms with van der Waals surface area (Å²) in [6.07, 6.45) is 3.59. The lowest BCUT2D eigenvalue weighted by Crippen LogP contribution is -2.28. The second-order valence-corrected chi connectivity index (χ2v) is 6.30. The quantitative estimate of drug-likeness (QED) is 0.909. The number of pyridine rings is 1. The SMILES string of the molecule is CC(C)Oc1ccc(NC(=O)C2CC(=O)N(c3cccnc3)C2)cc1. The summed E-state index contributed by atoms with van der Waals surface area (Å²) in [7, 11) is 0. The molecule has 6 heteroatoms. The third-order valence-electron chi connectivity index (χ3n) is 3.95. The highest BCUT2D eigenvalue weighted by atomic mass is 16.5. The summed E-state index contributed by atoms with van der Waals surface area (Å²) < 4.78 is 5.58. The second-order valence-electron chi connectivity index (χ2n) is 6.30. The number of nitrogens with one attached hydrogen (secondary N) is 1. The first kappa shape index (κ1) is 17.0. The summed E-state index contributed by atoms with van der Waals surface area (Å²) in [5.74, 6) is 0.164. The Bertz CT molecular complexity index is 744. The van der Waals surface area contributed by atoms with Crippen molar-refractivity contribution in [3.05, 3.63) is 48.8 Å². The Labute approximate surface area is 146 Å². The standard InChI is InChI=1S/C19H21N3O3/c1-13(2)25-17-7-5-15(6-8-17)21-19(24)14-10-18(23)22(12-14)16-4-3-9-20-11-16/h3-9,11,13-14H,10,12H2,1-2H3,(H,21,24). The lowest BCUT2D eigenvalue weighted by atomic mass is 10.1. The molecule has 1 aromatic carbocycles. The summed E-state index contributed by atoms with van der Waals surface area (Å²) in [6.45, 7) is 4.28. The Hall–Kier alpha value is -2.89. The molecule has 1 fully saturated rings. The number of carbonyl (C=O) groups excluding carboxylic acids is 2. The van der Waals surface area contributed by atoms with Crippen LogP contribution in [0.1, 0.15) is 20.3 Å². The molecular formula is C19H21N3O3. The number of ether oxygens (including phenoxy) is 1. The van der Waals surface area contributed by atoms with E-state index in [1.165, 1.54) is 0 Å². The van der Waals surface area contributed by atoms with Gasteiger partial charge in [0.1, 0.15) is 5.75 Å². The Balaban J connectivity index is 1.61. The predicted molar refractivity (Wildman–Crippen MR) is 95.5 cm³/mol. The Kier molecular flexibility index (Phi) is 4.97. The zero-order valence-corrected chi connectivity index (χ0v) is 14.3. The third kappa shape index (κ3) is 4.15. The van der Waals surface area contributed by atoms with Crippen LogP contribution in [0.15, 0.2) is 48.8 Å². The molecule has 1 saturated heterocycles. The van der Waals surface area contributed by atoms with Gasteiger partial charge in [-0.2, -0.15) is 0 Å². The van der Waals surface area contributed by atoms with Crippen LogP contribution in [0.5, 0.6) is 5.75 Å². The van der Waals surface area contributed by atoms with Gasteiger partial charge in [0.2, 0.25) is 11.8 Å². The fraction of sp³-hybridized carbons (Fsp3) is 0.316. The molecule has 25 heavy (non-hydrogen) atoms. The van der Waals surface area contributed by atoms with E-state index < -0.39 is 0 Å². The zero-order valence-electron chi connectivity index (χ0n) is 14.3. The molecule has 6 nitrogen and oxygen atoms in total. The van der Waals surface area contributed by atoms with Crippen LogP contribution in [0.3, 0.4) is 0 Å². The van der Waals surface area contributed by atoms with Gasteiger partial charge in [-0.25, -0.2) is 0 Å². The van der Waals surface area contributed by atoms with Crippen LogP contribution in [0.25, 0.3) is 0 Å². The van der Waals surface area contributed by atoms with E-state index in [0.717, 1.165) is 11.4 Å². The van der Waals surface area contributed by atoms with E-state index >= 15 is 0 Å². The minimum absolute atomic E-state index is 0.0613. The average Bonchev–Trinajstić information content (AvgIpc) is 2.99. The number of carbonyl (C=O) groups is 2. The van der Waals surface area contributed by atoms with Crippen LogP contribution in [-0.2, 0) is 9.59 Å². The molecule has 0 saturated carbocycles. The molecule has 2 heterocycles. The molecule has 1 N–H and O–H groups in total. The number of anilines is 2. The van der Waals surface area contributed by atoms with Crippen LogP contribution in [0.2, 0.25) is 0 Å². The first-order valence-electron chi connectivity index (χ1n) is 8.31. The van der Waals surface area contributed by atoms with E-state index in [1.54, 1.807) is 35.5 Å². The normalized spacial score (nSPS) is 17.0. The summed E-state index contributed by atoms with van der Waals surface area (Å²) in [4.78, 5) is 30.3. The van der Waals surface area contributed by atoms with Crippen molar-refractivity contribution in [2.75, 3.05) is 16.8 Å². The molecule has 0 radical (unpaired) electrons. The van der Waals surface area contributed by atoms with Gasteiger partial charge in [-0.1, -0.05) is 0 Å². The van der Waals surface area contributed by atoms with Crippen LogP contribution in [-0.4, -0.2) is 29.4 Å². The molecule has 2 amide bonds. The van der Waals surface area contributed by atoms with Crippen LogP contribution < -0.4 is 15.0 Å². The van der Waals surface area contributed by atoms with Gasteiger partial charge in [-0.3, -0.25) is 14.6 Å². The maximum Gasteiger partial charge on any atom is 0.229 e. The minimum atomic E-state index is -0.376. The molecule has 3 rings (SSSR count). The molecule has 1 aromatic heterocycles. The number of nitrogens with zero attached hydrogens (tertiary/aromatic N) is 2. The molecule has 1 atom stereocenters. The molecule has 0 bridgehead atoms. The maximum absolute atomic E-state index is 12.5. The van der Waals surface area contributed by atoms with E-state index in [-0.39, 0.29) is 30.3 Å². The Morgan fingerprint density at radius 3 is 2.68 bits per heavy atom. The third-order valence-corrected chi connectivity index (χ3v) is 3.95. The molecule has 2 aromatic rings. The predicted octanol–water partition coefficient (Wildman–Crippen LogP) is 2.86. The number of aromatic nitrogens is 1. The molecule has 0 aliphatic carbocycles. The van der Waals surface area contributed by atoms with E-state index in [4.69, 9.17) is 4.74 Å². The molecule has 1 aliphatic heterocycles. The van der Waals surface area contributed by atoms with Crippen LogP contribution in [0, 0.1) is 5.92 Å². The smallest absolute Gasteiger partial charge is 0.229 e. The first-order valence-corrected chi connectivity index (χ1v) is 8.31. The van der Waals surface area contributed by atoms with Gasteiger partial charge in [-0.15, -0.1) is 0 Å². The highest BCUT2D eigenvalue weighted by Gasteiger charge is 2.35. The van der Waals surface area contributed by atoms with Crippen molar-refractivity contribution in [2.24, 2.45) is 5.92 Å².